The molecule has 0 amide bonds. The molecule has 0 radical (unpaired) electrons. The number of aromatic nitrogens is 3. The second kappa shape index (κ2) is 7.84. The Bertz CT molecular complexity index is 729. The molecule has 1 saturated heterocycles. The number of ether oxygens (including phenoxy) is 1. The van der Waals surface area contributed by atoms with Crippen LogP contribution in [0.15, 0.2) is 29.4 Å². The van der Waals surface area contributed by atoms with Gasteiger partial charge in [-0.05, 0) is 49.9 Å². The summed E-state index contributed by atoms with van der Waals surface area (Å²) in [6, 6.07) is 6.29. The highest BCUT2D eigenvalue weighted by Gasteiger charge is 2.32. The van der Waals surface area contributed by atoms with Gasteiger partial charge in [-0.2, -0.15) is 0 Å². The lowest BCUT2D eigenvalue weighted by molar-refractivity contribution is 0.126. The largest absolute Gasteiger partial charge is 0.491 e. The number of rotatable bonds is 8. The molecule has 1 N–H and O–H groups in total. The average molecular weight is 378 g/mol. The van der Waals surface area contributed by atoms with Gasteiger partial charge in [-0.3, -0.25) is 4.57 Å². The number of aliphatic hydroxyl groups excluding tert-OH is 1. The molecular formula is C18H23FN4O2S. The van der Waals surface area contributed by atoms with E-state index in [1.807, 2.05) is 0 Å². The van der Waals surface area contributed by atoms with Crippen LogP contribution in [0.1, 0.15) is 31.7 Å². The second-order valence-corrected chi connectivity index (χ2v) is 7.79. The van der Waals surface area contributed by atoms with Crippen LogP contribution in [0.3, 0.4) is 0 Å². The van der Waals surface area contributed by atoms with Crippen molar-refractivity contribution >= 4 is 17.7 Å². The first-order valence-electron chi connectivity index (χ1n) is 9.10. The predicted octanol–water partition coefficient (Wildman–Crippen LogP) is 2.88. The van der Waals surface area contributed by atoms with Crippen molar-refractivity contribution in [1.29, 1.82) is 0 Å². The lowest BCUT2D eigenvalue weighted by atomic mass is 10.3. The van der Waals surface area contributed by atoms with Crippen LogP contribution in [-0.2, 0) is 0 Å². The monoisotopic (exact) mass is 378 g/mol. The van der Waals surface area contributed by atoms with Gasteiger partial charge in [0.2, 0.25) is 5.95 Å². The first-order valence-corrected chi connectivity index (χ1v) is 10.1. The van der Waals surface area contributed by atoms with Gasteiger partial charge in [-0.15, -0.1) is 10.2 Å². The number of hydrogen-bond donors (Lipinski definition) is 1. The van der Waals surface area contributed by atoms with Crippen LogP contribution in [0.2, 0.25) is 0 Å². The third-order valence-corrected chi connectivity index (χ3v) is 5.70. The van der Waals surface area contributed by atoms with Crippen molar-refractivity contribution in [3.05, 3.63) is 30.1 Å². The van der Waals surface area contributed by atoms with Crippen molar-refractivity contribution < 1.29 is 14.2 Å². The van der Waals surface area contributed by atoms with Crippen LogP contribution < -0.4 is 9.64 Å². The van der Waals surface area contributed by atoms with E-state index in [2.05, 4.69) is 19.7 Å². The van der Waals surface area contributed by atoms with Crippen molar-refractivity contribution in [2.24, 2.45) is 0 Å². The van der Waals surface area contributed by atoms with Crippen molar-refractivity contribution in [3.63, 3.8) is 0 Å². The first-order chi connectivity index (χ1) is 12.7. The predicted molar refractivity (Wildman–Crippen MR) is 98.4 cm³/mol. The zero-order valence-corrected chi connectivity index (χ0v) is 15.4. The Morgan fingerprint density at radius 2 is 1.92 bits per heavy atom. The highest BCUT2D eigenvalue weighted by molar-refractivity contribution is 7.99. The smallest absolute Gasteiger partial charge is 0.228 e. The molecule has 2 aromatic rings. The molecule has 4 rings (SSSR count). The van der Waals surface area contributed by atoms with Crippen LogP contribution in [0.5, 0.6) is 5.75 Å². The molecule has 1 saturated carbocycles. The summed E-state index contributed by atoms with van der Waals surface area (Å²) in [6.45, 7) is 2.25. The summed E-state index contributed by atoms with van der Waals surface area (Å²) in [5.41, 5.74) is 0. The molecule has 6 nitrogen and oxygen atoms in total. The van der Waals surface area contributed by atoms with Gasteiger partial charge in [-0.25, -0.2) is 4.39 Å². The molecule has 8 heteroatoms. The molecule has 1 aliphatic carbocycles. The topological polar surface area (TPSA) is 63.4 Å². The molecule has 1 aromatic carbocycles. The maximum absolute atomic E-state index is 12.9. The minimum Gasteiger partial charge on any atom is -0.491 e. The van der Waals surface area contributed by atoms with Crippen LogP contribution in [-0.4, -0.2) is 51.4 Å². The molecule has 1 atom stereocenters. The Hall–Kier alpha value is -1.80. The van der Waals surface area contributed by atoms with Crippen molar-refractivity contribution in [2.75, 3.05) is 30.3 Å². The van der Waals surface area contributed by atoms with Crippen molar-refractivity contribution in [2.45, 2.75) is 43.0 Å². The first kappa shape index (κ1) is 17.6. The number of halogens is 1. The Morgan fingerprint density at radius 3 is 2.62 bits per heavy atom. The average Bonchev–Trinajstić information content (AvgIpc) is 3.17. The lowest BCUT2D eigenvalue weighted by Gasteiger charge is -2.18. The molecule has 0 bridgehead atoms. The van der Waals surface area contributed by atoms with E-state index < -0.39 is 6.10 Å². The fourth-order valence-electron chi connectivity index (χ4n) is 3.09. The van der Waals surface area contributed by atoms with Gasteiger partial charge < -0.3 is 14.7 Å². The summed E-state index contributed by atoms with van der Waals surface area (Å²) >= 11 is 1.51. The molecule has 26 heavy (non-hydrogen) atoms. The molecule has 1 aliphatic heterocycles. The zero-order chi connectivity index (χ0) is 17.9. The van der Waals surface area contributed by atoms with Gasteiger partial charge in [0.05, 0.1) is 6.10 Å². The van der Waals surface area contributed by atoms with E-state index in [9.17, 15) is 9.50 Å². The summed E-state index contributed by atoms with van der Waals surface area (Å²) in [4.78, 5) is 2.31. The van der Waals surface area contributed by atoms with Gasteiger partial charge >= 0.3 is 0 Å². The SMILES string of the molecule is O[C@@H](COc1ccc(F)cc1)CSc1nnc(N2CCCC2)n1C1CC1. The molecule has 2 aliphatic rings. The summed E-state index contributed by atoms with van der Waals surface area (Å²) in [5, 5.41) is 19.8. The Balaban J connectivity index is 1.33. The van der Waals surface area contributed by atoms with Gasteiger partial charge in [0.15, 0.2) is 5.16 Å². The summed E-state index contributed by atoms with van der Waals surface area (Å²) in [7, 11) is 0. The molecular weight excluding hydrogens is 355 g/mol. The molecule has 0 unspecified atom stereocenters. The van der Waals surface area contributed by atoms with Gasteiger partial charge in [-0.1, -0.05) is 11.8 Å². The molecule has 2 fully saturated rings. The number of thioether (sulfide) groups is 1. The third-order valence-electron chi connectivity index (χ3n) is 4.61. The van der Waals surface area contributed by atoms with Crippen LogP contribution >= 0.6 is 11.8 Å². The molecule has 1 aromatic heterocycles. The van der Waals surface area contributed by atoms with Crippen molar-refractivity contribution in [3.8, 4) is 5.75 Å². The molecule has 140 valence electrons. The summed E-state index contributed by atoms with van der Waals surface area (Å²) in [6.07, 6.45) is 4.12. The van der Waals surface area contributed by atoms with Gasteiger partial charge in [0, 0.05) is 24.9 Å². The third kappa shape index (κ3) is 4.12. The van der Waals surface area contributed by atoms with E-state index in [0.29, 0.717) is 17.5 Å². The fourth-order valence-corrected chi connectivity index (χ4v) is 4.00. The van der Waals surface area contributed by atoms with Gasteiger partial charge in [0.1, 0.15) is 18.2 Å². The maximum Gasteiger partial charge on any atom is 0.228 e. The fraction of sp³-hybridized carbons (Fsp3) is 0.556. The molecule has 0 spiro atoms. The number of aliphatic hydroxyl groups is 1. The van der Waals surface area contributed by atoms with E-state index in [1.54, 1.807) is 12.1 Å². The second-order valence-electron chi connectivity index (χ2n) is 6.81. The standard InChI is InChI=1S/C18H23FN4O2S/c19-13-3-7-16(8-4-13)25-11-15(24)12-26-18-21-20-17(22-9-1-2-10-22)23(18)14-5-6-14/h3-4,7-8,14-15,24H,1-2,5-6,9-12H2/t15-/m0/s1. The highest BCUT2D eigenvalue weighted by atomic mass is 32.2. The summed E-state index contributed by atoms with van der Waals surface area (Å²) in [5.74, 6) is 1.70. The number of hydrogen-bond acceptors (Lipinski definition) is 6. The van der Waals surface area contributed by atoms with Gasteiger partial charge in [0.25, 0.3) is 0 Å². The summed E-state index contributed by atoms with van der Waals surface area (Å²) < 4.78 is 20.6. The van der Waals surface area contributed by atoms with E-state index in [0.717, 1.165) is 24.2 Å². The highest BCUT2D eigenvalue weighted by Crippen LogP contribution is 2.41. The van der Waals surface area contributed by atoms with Crippen molar-refractivity contribution in [1.82, 2.24) is 14.8 Å². The zero-order valence-electron chi connectivity index (χ0n) is 14.6. The normalized spacial score (nSPS) is 18.3. The minimum atomic E-state index is -0.635. The number of benzene rings is 1. The number of nitrogens with zero attached hydrogens (tertiary/aromatic N) is 4. The van der Waals surface area contributed by atoms with Crippen LogP contribution in [0.25, 0.3) is 0 Å². The minimum absolute atomic E-state index is 0.162. The van der Waals surface area contributed by atoms with E-state index in [1.165, 1.54) is 49.6 Å². The quantitative estimate of drug-likeness (QED) is 0.713. The van der Waals surface area contributed by atoms with E-state index in [-0.39, 0.29) is 12.4 Å². The lowest BCUT2D eigenvalue weighted by Crippen LogP contribution is -2.22. The van der Waals surface area contributed by atoms with E-state index in [4.69, 9.17) is 4.74 Å². The van der Waals surface area contributed by atoms with Crippen LogP contribution in [0.4, 0.5) is 10.3 Å². The molecule has 2 heterocycles. The van der Waals surface area contributed by atoms with E-state index >= 15 is 0 Å². The Morgan fingerprint density at radius 1 is 1.19 bits per heavy atom. The van der Waals surface area contributed by atoms with Crippen LogP contribution in [0, 0.1) is 5.82 Å². The Kier molecular flexibility index (Phi) is 5.31. The Labute approximate surface area is 156 Å². The number of anilines is 1. The maximum atomic E-state index is 12.9.